The quantitative estimate of drug-likeness (QED) is 0.839. The molecule has 3 heteroatoms. The second-order valence-electron chi connectivity index (χ2n) is 4.83. The van der Waals surface area contributed by atoms with Gasteiger partial charge in [0.15, 0.2) is 0 Å². The van der Waals surface area contributed by atoms with Crippen LogP contribution in [0.1, 0.15) is 18.4 Å². The van der Waals surface area contributed by atoms with Gasteiger partial charge in [0.25, 0.3) is 0 Å². The maximum absolute atomic E-state index is 5.86. The van der Waals surface area contributed by atoms with Gasteiger partial charge in [-0.15, -0.1) is 0 Å². The van der Waals surface area contributed by atoms with Gasteiger partial charge >= 0.3 is 0 Å². The Morgan fingerprint density at radius 2 is 2.18 bits per heavy atom. The number of nitrogens with one attached hydrogen (secondary N) is 1. The summed E-state index contributed by atoms with van der Waals surface area (Å²) in [6.45, 7) is 4.49. The SMILES string of the molecule is Cc1ccc(NC(CN)C2CCCOC2)cc1. The van der Waals surface area contributed by atoms with Gasteiger partial charge in [0, 0.05) is 30.8 Å². The zero-order chi connectivity index (χ0) is 12.1. The van der Waals surface area contributed by atoms with Crippen molar-refractivity contribution < 1.29 is 4.74 Å². The lowest BCUT2D eigenvalue weighted by atomic mass is 9.93. The van der Waals surface area contributed by atoms with Crippen molar-refractivity contribution in [1.82, 2.24) is 0 Å². The van der Waals surface area contributed by atoms with Crippen LogP contribution in [0.3, 0.4) is 0 Å². The summed E-state index contributed by atoms with van der Waals surface area (Å²) in [6, 6.07) is 8.78. The van der Waals surface area contributed by atoms with Crippen LogP contribution in [-0.4, -0.2) is 25.8 Å². The van der Waals surface area contributed by atoms with Crippen molar-refractivity contribution in [3.63, 3.8) is 0 Å². The topological polar surface area (TPSA) is 47.3 Å². The van der Waals surface area contributed by atoms with Gasteiger partial charge in [-0.25, -0.2) is 0 Å². The molecule has 94 valence electrons. The summed E-state index contributed by atoms with van der Waals surface area (Å²) in [7, 11) is 0. The van der Waals surface area contributed by atoms with Crippen molar-refractivity contribution in [3.8, 4) is 0 Å². The number of benzene rings is 1. The van der Waals surface area contributed by atoms with E-state index in [-0.39, 0.29) is 0 Å². The first-order valence-corrected chi connectivity index (χ1v) is 6.40. The van der Waals surface area contributed by atoms with E-state index in [1.165, 1.54) is 12.0 Å². The summed E-state index contributed by atoms with van der Waals surface area (Å²) >= 11 is 0. The first-order valence-electron chi connectivity index (χ1n) is 6.40. The minimum absolute atomic E-state index is 0.318. The number of hydrogen-bond acceptors (Lipinski definition) is 3. The highest BCUT2D eigenvalue weighted by atomic mass is 16.5. The Kier molecular flexibility index (Phi) is 4.40. The van der Waals surface area contributed by atoms with Gasteiger partial charge in [-0.1, -0.05) is 17.7 Å². The molecule has 2 atom stereocenters. The Morgan fingerprint density at radius 1 is 1.41 bits per heavy atom. The molecule has 0 saturated carbocycles. The minimum Gasteiger partial charge on any atom is -0.381 e. The van der Waals surface area contributed by atoms with E-state index in [0.29, 0.717) is 18.5 Å². The predicted octanol–water partition coefficient (Wildman–Crippen LogP) is 2.16. The molecule has 0 aliphatic carbocycles. The first kappa shape index (κ1) is 12.4. The smallest absolute Gasteiger partial charge is 0.0514 e. The van der Waals surface area contributed by atoms with Gasteiger partial charge in [0.2, 0.25) is 0 Å². The molecule has 17 heavy (non-hydrogen) atoms. The number of nitrogens with two attached hydrogens (primary N) is 1. The van der Waals surface area contributed by atoms with Crippen LogP contribution in [0.15, 0.2) is 24.3 Å². The summed E-state index contributed by atoms with van der Waals surface area (Å²) in [5.41, 5.74) is 8.29. The van der Waals surface area contributed by atoms with Crippen LogP contribution in [0, 0.1) is 12.8 Å². The number of hydrogen-bond donors (Lipinski definition) is 2. The average molecular weight is 234 g/mol. The molecule has 1 aromatic carbocycles. The minimum atomic E-state index is 0.318. The highest BCUT2D eigenvalue weighted by Crippen LogP contribution is 2.20. The monoisotopic (exact) mass is 234 g/mol. The number of ether oxygens (including phenoxy) is 1. The Bertz CT molecular complexity index is 331. The largest absolute Gasteiger partial charge is 0.381 e. The molecule has 2 rings (SSSR count). The van der Waals surface area contributed by atoms with Gasteiger partial charge in [0.1, 0.15) is 0 Å². The van der Waals surface area contributed by atoms with E-state index in [4.69, 9.17) is 10.5 Å². The van der Waals surface area contributed by atoms with Crippen LogP contribution in [0.2, 0.25) is 0 Å². The Labute approximate surface area is 103 Å². The fourth-order valence-electron chi connectivity index (χ4n) is 2.32. The summed E-state index contributed by atoms with van der Waals surface area (Å²) in [4.78, 5) is 0. The molecule has 0 bridgehead atoms. The molecule has 3 nitrogen and oxygen atoms in total. The molecule has 0 amide bonds. The Hall–Kier alpha value is -1.06. The number of anilines is 1. The summed E-state index contributed by atoms with van der Waals surface area (Å²) < 4.78 is 5.53. The molecule has 0 aromatic heterocycles. The van der Waals surface area contributed by atoms with Crippen LogP contribution in [0.25, 0.3) is 0 Å². The third kappa shape index (κ3) is 3.45. The molecule has 1 aliphatic heterocycles. The molecular weight excluding hydrogens is 212 g/mol. The van der Waals surface area contributed by atoms with Crippen LogP contribution in [-0.2, 0) is 4.74 Å². The van der Waals surface area contributed by atoms with E-state index in [1.807, 2.05) is 0 Å². The van der Waals surface area contributed by atoms with E-state index in [2.05, 4.69) is 36.5 Å². The molecule has 3 N–H and O–H groups in total. The maximum atomic E-state index is 5.86. The van der Waals surface area contributed by atoms with Crippen molar-refractivity contribution in [3.05, 3.63) is 29.8 Å². The van der Waals surface area contributed by atoms with Gasteiger partial charge in [-0.05, 0) is 31.9 Å². The zero-order valence-corrected chi connectivity index (χ0v) is 10.5. The van der Waals surface area contributed by atoms with Gasteiger partial charge in [-0.3, -0.25) is 0 Å². The van der Waals surface area contributed by atoms with Crippen LogP contribution >= 0.6 is 0 Å². The molecule has 1 heterocycles. The lowest BCUT2D eigenvalue weighted by Gasteiger charge is -2.30. The highest BCUT2D eigenvalue weighted by Gasteiger charge is 2.22. The number of aryl methyl sites for hydroxylation is 1. The normalized spacial score (nSPS) is 22.1. The van der Waals surface area contributed by atoms with E-state index < -0.39 is 0 Å². The van der Waals surface area contributed by atoms with Crippen molar-refractivity contribution in [1.29, 1.82) is 0 Å². The van der Waals surface area contributed by atoms with Gasteiger partial charge in [0.05, 0.1) is 6.61 Å². The first-order chi connectivity index (χ1) is 8.29. The van der Waals surface area contributed by atoms with E-state index >= 15 is 0 Å². The van der Waals surface area contributed by atoms with Crippen molar-refractivity contribution >= 4 is 5.69 Å². The predicted molar refractivity (Wildman–Crippen MR) is 71.2 cm³/mol. The lowest BCUT2D eigenvalue weighted by Crippen LogP contribution is -2.40. The van der Waals surface area contributed by atoms with Gasteiger partial charge < -0.3 is 15.8 Å². The molecule has 0 radical (unpaired) electrons. The van der Waals surface area contributed by atoms with E-state index in [1.54, 1.807) is 0 Å². The maximum Gasteiger partial charge on any atom is 0.0514 e. The number of rotatable bonds is 4. The Morgan fingerprint density at radius 3 is 2.76 bits per heavy atom. The standard InChI is InChI=1S/C14H22N2O/c1-11-4-6-13(7-5-11)16-14(9-15)12-3-2-8-17-10-12/h4-7,12,14,16H,2-3,8-10,15H2,1H3. The van der Waals surface area contributed by atoms with Gasteiger partial charge in [-0.2, -0.15) is 0 Å². The molecular formula is C14H22N2O. The molecule has 1 aromatic rings. The van der Waals surface area contributed by atoms with Crippen LogP contribution < -0.4 is 11.1 Å². The van der Waals surface area contributed by atoms with Crippen molar-refractivity contribution in [2.24, 2.45) is 11.7 Å². The summed E-state index contributed by atoms with van der Waals surface area (Å²) in [6.07, 6.45) is 2.36. The fraction of sp³-hybridized carbons (Fsp3) is 0.571. The summed E-state index contributed by atoms with van der Waals surface area (Å²) in [5.74, 6) is 0.537. The average Bonchev–Trinajstić information content (AvgIpc) is 2.39. The molecule has 2 unspecified atom stereocenters. The lowest BCUT2D eigenvalue weighted by molar-refractivity contribution is 0.0485. The summed E-state index contributed by atoms with van der Waals surface area (Å²) in [5, 5.41) is 3.52. The molecule has 0 spiro atoms. The van der Waals surface area contributed by atoms with Crippen LogP contribution in [0.4, 0.5) is 5.69 Å². The molecule has 1 aliphatic rings. The zero-order valence-electron chi connectivity index (χ0n) is 10.5. The fourth-order valence-corrected chi connectivity index (χ4v) is 2.32. The second-order valence-corrected chi connectivity index (χ2v) is 4.83. The molecule has 1 fully saturated rings. The van der Waals surface area contributed by atoms with E-state index in [9.17, 15) is 0 Å². The van der Waals surface area contributed by atoms with Crippen molar-refractivity contribution in [2.75, 3.05) is 25.1 Å². The third-order valence-electron chi connectivity index (χ3n) is 3.42. The third-order valence-corrected chi connectivity index (χ3v) is 3.42. The van der Waals surface area contributed by atoms with Crippen LogP contribution in [0.5, 0.6) is 0 Å². The van der Waals surface area contributed by atoms with Crippen molar-refractivity contribution in [2.45, 2.75) is 25.8 Å². The molecule has 1 saturated heterocycles. The second kappa shape index (κ2) is 6.03. The highest BCUT2D eigenvalue weighted by molar-refractivity contribution is 5.45. The van der Waals surface area contributed by atoms with E-state index in [0.717, 1.165) is 25.3 Å². The Balaban J connectivity index is 1.96.